The number of rotatable bonds is 5. The summed E-state index contributed by atoms with van der Waals surface area (Å²) in [5.74, 6) is 0.905. The molecule has 0 radical (unpaired) electrons. The zero-order valence-electron chi connectivity index (χ0n) is 15.5. The molecule has 2 aliphatic rings. The summed E-state index contributed by atoms with van der Waals surface area (Å²) in [6.07, 6.45) is 2.92. The molecular weight excluding hydrogens is 340 g/mol. The fourth-order valence-corrected chi connectivity index (χ4v) is 3.55. The van der Waals surface area contributed by atoms with Crippen LogP contribution in [0, 0.1) is 5.92 Å². The van der Waals surface area contributed by atoms with Crippen molar-refractivity contribution in [2.24, 2.45) is 5.92 Å². The van der Waals surface area contributed by atoms with E-state index in [1.54, 1.807) is 12.1 Å². The molecule has 2 aromatic rings. The van der Waals surface area contributed by atoms with E-state index in [1.807, 2.05) is 36.1 Å². The van der Waals surface area contributed by atoms with E-state index < -0.39 is 0 Å². The molecular formula is C22H24N2O3. The number of nitrogens with zero attached hydrogens (tertiary/aromatic N) is 1. The molecule has 4 rings (SSSR count). The highest BCUT2D eigenvalue weighted by atomic mass is 16.5. The number of hydrogen-bond donors (Lipinski definition) is 1. The molecule has 0 spiro atoms. The van der Waals surface area contributed by atoms with Crippen molar-refractivity contribution in [3.8, 4) is 5.75 Å². The fourth-order valence-electron chi connectivity index (χ4n) is 3.55. The van der Waals surface area contributed by atoms with Gasteiger partial charge in [-0.2, -0.15) is 0 Å². The minimum Gasteiger partial charge on any atom is -0.493 e. The van der Waals surface area contributed by atoms with Gasteiger partial charge in [0.1, 0.15) is 5.75 Å². The Kier molecular flexibility index (Phi) is 4.84. The van der Waals surface area contributed by atoms with Crippen molar-refractivity contribution in [3.05, 3.63) is 59.2 Å². The molecule has 27 heavy (non-hydrogen) atoms. The van der Waals surface area contributed by atoms with Gasteiger partial charge in [-0.3, -0.25) is 9.59 Å². The zero-order chi connectivity index (χ0) is 18.8. The Balaban J connectivity index is 1.50. The number of nitrogens with one attached hydrogen (secondary N) is 1. The molecule has 0 saturated heterocycles. The third-order valence-corrected chi connectivity index (χ3v) is 5.15. The maximum atomic E-state index is 12.7. The summed E-state index contributed by atoms with van der Waals surface area (Å²) >= 11 is 0. The van der Waals surface area contributed by atoms with Crippen LogP contribution in [0.3, 0.4) is 0 Å². The molecule has 0 unspecified atom stereocenters. The van der Waals surface area contributed by atoms with Crippen LogP contribution in [0.15, 0.2) is 42.5 Å². The lowest BCUT2D eigenvalue weighted by atomic mass is 9.98. The average Bonchev–Trinajstić information content (AvgIpc) is 3.53. The first kappa shape index (κ1) is 17.6. The lowest BCUT2D eigenvalue weighted by Gasteiger charge is -2.29. The molecule has 5 heteroatoms. The van der Waals surface area contributed by atoms with Crippen molar-refractivity contribution in [2.75, 3.05) is 18.5 Å². The lowest BCUT2D eigenvalue weighted by Crippen LogP contribution is -2.36. The first-order chi connectivity index (χ1) is 13.2. The van der Waals surface area contributed by atoms with Crippen LogP contribution >= 0.6 is 0 Å². The number of carbonyl (C=O) groups is 2. The largest absolute Gasteiger partial charge is 0.493 e. The van der Waals surface area contributed by atoms with Gasteiger partial charge in [0.15, 0.2) is 0 Å². The molecule has 2 amide bonds. The highest BCUT2D eigenvalue weighted by molar-refractivity contribution is 6.06. The Morgan fingerprint density at radius 1 is 1.15 bits per heavy atom. The Bertz CT molecular complexity index is 874. The molecule has 1 aliphatic carbocycles. The van der Waals surface area contributed by atoms with Crippen molar-refractivity contribution in [3.63, 3.8) is 0 Å². The van der Waals surface area contributed by atoms with Crippen LogP contribution in [-0.2, 0) is 17.8 Å². The highest BCUT2D eigenvalue weighted by Crippen LogP contribution is 2.33. The molecule has 5 nitrogen and oxygen atoms in total. The van der Waals surface area contributed by atoms with E-state index >= 15 is 0 Å². The molecule has 0 aromatic heterocycles. The van der Waals surface area contributed by atoms with E-state index in [1.165, 1.54) is 5.56 Å². The second kappa shape index (κ2) is 7.43. The summed E-state index contributed by atoms with van der Waals surface area (Å²) < 4.78 is 5.55. The fraction of sp³-hybridized carbons (Fsp3) is 0.364. The standard InChI is InChI=1S/C22H24N2O3/c1-2-27-20-6-4-3-5-19(20)21(25)23-18-10-9-15-11-12-24(14-17(15)13-18)22(26)16-7-8-16/h3-6,9-10,13,16H,2,7-8,11-12,14H2,1H3,(H,23,25). The van der Waals surface area contributed by atoms with E-state index in [0.29, 0.717) is 24.5 Å². The maximum absolute atomic E-state index is 12.7. The summed E-state index contributed by atoms with van der Waals surface area (Å²) in [7, 11) is 0. The van der Waals surface area contributed by atoms with Crippen LogP contribution < -0.4 is 10.1 Å². The van der Waals surface area contributed by atoms with E-state index in [-0.39, 0.29) is 17.7 Å². The first-order valence-corrected chi connectivity index (χ1v) is 9.59. The molecule has 1 aliphatic heterocycles. The van der Waals surface area contributed by atoms with Gasteiger partial charge in [0.05, 0.1) is 12.2 Å². The molecule has 0 bridgehead atoms. The predicted molar refractivity (Wildman–Crippen MR) is 104 cm³/mol. The number of amides is 2. The minimum atomic E-state index is -0.194. The summed E-state index contributed by atoms with van der Waals surface area (Å²) in [6.45, 7) is 3.82. The Morgan fingerprint density at radius 2 is 1.96 bits per heavy atom. The van der Waals surface area contributed by atoms with E-state index in [4.69, 9.17) is 4.74 Å². The molecule has 1 fully saturated rings. The van der Waals surface area contributed by atoms with Crippen LogP contribution in [0.4, 0.5) is 5.69 Å². The van der Waals surface area contributed by atoms with Gasteiger partial charge >= 0.3 is 0 Å². The minimum absolute atomic E-state index is 0.194. The van der Waals surface area contributed by atoms with Crippen LogP contribution in [0.25, 0.3) is 0 Å². The zero-order valence-corrected chi connectivity index (χ0v) is 15.5. The Morgan fingerprint density at radius 3 is 2.74 bits per heavy atom. The SMILES string of the molecule is CCOc1ccccc1C(=O)Nc1ccc2c(c1)CN(C(=O)C1CC1)CC2. The number of hydrogen-bond acceptors (Lipinski definition) is 3. The highest BCUT2D eigenvalue weighted by Gasteiger charge is 2.34. The number of fused-ring (bicyclic) bond motifs is 1. The van der Waals surface area contributed by atoms with Crippen molar-refractivity contribution >= 4 is 17.5 Å². The third-order valence-electron chi connectivity index (χ3n) is 5.15. The first-order valence-electron chi connectivity index (χ1n) is 9.59. The second-order valence-corrected chi connectivity index (χ2v) is 7.15. The van der Waals surface area contributed by atoms with Gasteiger partial charge in [-0.1, -0.05) is 18.2 Å². The number of para-hydroxylation sites is 1. The molecule has 1 N–H and O–H groups in total. The second-order valence-electron chi connectivity index (χ2n) is 7.15. The van der Waals surface area contributed by atoms with Crippen LogP contribution in [0.5, 0.6) is 5.75 Å². The van der Waals surface area contributed by atoms with Gasteiger partial charge in [-0.15, -0.1) is 0 Å². The van der Waals surface area contributed by atoms with Crippen LogP contribution in [0.2, 0.25) is 0 Å². The van der Waals surface area contributed by atoms with E-state index in [0.717, 1.165) is 37.1 Å². The van der Waals surface area contributed by atoms with Crippen molar-refractivity contribution in [1.29, 1.82) is 0 Å². The summed E-state index contributed by atoms with van der Waals surface area (Å²) in [5, 5.41) is 2.96. The monoisotopic (exact) mass is 364 g/mol. The van der Waals surface area contributed by atoms with Gasteiger partial charge in [-0.25, -0.2) is 0 Å². The van der Waals surface area contributed by atoms with E-state index in [2.05, 4.69) is 11.4 Å². The summed E-state index contributed by atoms with van der Waals surface area (Å²) in [4.78, 5) is 27.0. The van der Waals surface area contributed by atoms with Gasteiger partial charge in [-0.05, 0) is 61.6 Å². The summed E-state index contributed by atoms with van der Waals surface area (Å²) in [5.41, 5.74) is 3.63. The Hall–Kier alpha value is -2.82. The molecule has 140 valence electrons. The Labute approximate surface area is 159 Å². The number of carbonyl (C=O) groups excluding carboxylic acids is 2. The number of anilines is 1. The van der Waals surface area contributed by atoms with Gasteiger partial charge in [0, 0.05) is 24.7 Å². The molecule has 1 saturated carbocycles. The van der Waals surface area contributed by atoms with Crippen LogP contribution in [0.1, 0.15) is 41.3 Å². The molecule has 1 heterocycles. The third kappa shape index (κ3) is 3.82. The normalized spacial score (nSPS) is 15.8. The molecule has 0 atom stereocenters. The van der Waals surface area contributed by atoms with Gasteiger partial charge in [0.2, 0.25) is 5.91 Å². The lowest BCUT2D eigenvalue weighted by molar-refractivity contribution is -0.133. The topological polar surface area (TPSA) is 58.6 Å². The van der Waals surface area contributed by atoms with Crippen molar-refractivity contribution < 1.29 is 14.3 Å². The van der Waals surface area contributed by atoms with E-state index in [9.17, 15) is 9.59 Å². The van der Waals surface area contributed by atoms with Crippen LogP contribution in [-0.4, -0.2) is 29.9 Å². The number of ether oxygens (including phenoxy) is 1. The molecule has 2 aromatic carbocycles. The maximum Gasteiger partial charge on any atom is 0.259 e. The predicted octanol–water partition coefficient (Wildman–Crippen LogP) is 3.63. The van der Waals surface area contributed by atoms with Gasteiger partial charge < -0.3 is 15.0 Å². The van der Waals surface area contributed by atoms with Crippen molar-refractivity contribution in [2.45, 2.75) is 32.7 Å². The number of benzene rings is 2. The summed E-state index contributed by atoms with van der Waals surface area (Å²) in [6, 6.07) is 13.2. The van der Waals surface area contributed by atoms with Gasteiger partial charge in [0.25, 0.3) is 5.91 Å². The smallest absolute Gasteiger partial charge is 0.259 e. The quantitative estimate of drug-likeness (QED) is 0.881. The average molecular weight is 364 g/mol. The van der Waals surface area contributed by atoms with Crippen molar-refractivity contribution in [1.82, 2.24) is 4.90 Å².